The number of carboxylic acids is 1. The zero-order chi connectivity index (χ0) is 15.7. The number of carbonyl (C=O) groups is 1. The van der Waals surface area contributed by atoms with Gasteiger partial charge in [0.2, 0.25) is 0 Å². The lowest BCUT2D eigenvalue weighted by Crippen LogP contribution is -2.26. The molecular formula is C19H28O3. The van der Waals surface area contributed by atoms with E-state index in [0.29, 0.717) is 11.8 Å². The van der Waals surface area contributed by atoms with E-state index < -0.39 is 5.97 Å². The van der Waals surface area contributed by atoms with Crippen molar-refractivity contribution >= 4 is 5.97 Å². The summed E-state index contributed by atoms with van der Waals surface area (Å²) in [5.41, 5.74) is 0.380. The maximum Gasteiger partial charge on any atom is 0.303 e. The highest BCUT2D eigenvalue weighted by Gasteiger charge is 2.31. The number of benzene rings is 1. The Hall–Kier alpha value is -1.51. The molecule has 1 aromatic rings. The van der Waals surface area contributed by atoms with Crippen LogP contribution in [-0.2, 0) is 4.79 Å². The second-order valence-electron chi connectivity index (χ2n) is 6.57. The summed E-state index contributed by atoms with van der Waals surface area (Å²) in [6.07, 6.45) is 10.9. The van der Waals surface area contributed by atoms with E-state index in [4.69, 9.17) is 9.84 Å². The van der Waals surface area contributed by atoms with Gasteiger partial charge in [0, 0.05) is 6.42 Å². The molecule has 22 heavy (non-hydrogen) atoms. The summed E-state index contributed by atoms with van der Waals surface area (Å²) < 4.78 is 5.88. The summed E-state index contributed by atoms with van der Waals surface area (Å²) in [4.78, 5) is 10.6. The lowest BCUT2D eigenvalue weighted by Gasteiger charge is -2.37. The van der Waals surface area contributed by atoms with Gasteiger partial charge in [-0.05, 0) is 49.7 Å². The number of carboxylic acid groups (broad SMARTS) is 1. The first-order valence-electron chi connectivity index (χ1n) is 8.60. The van der Waals surface area contributed by atoms with E-state index in [2.05, 4.69) is 0 Å². The van der Waals surface area contributed by atoms with Gasteiger partial charge in [-0.3, -0.25) is 4.79 Å². The fourth-order valence-electron chi connectivity index (χ4n) is 3.61. The van der Waals surface area contributed by atoms with Crippen LogP contribution in [0.1, 0.15) is 64.2 Å². The quantitative estimate of drug-likeness (QED) is 0.649. The van der Waals surface area contributed by atoms with Gasteiger partial charge in [0.25, 0.3) is 0 Å². The third kappa shape index (κ3) is 5.70. The molecule has 1 aliphatic carbocycles. The van der Waals surface area contributed by atoms with Gasteiger partial charge in [0.15, 0.2) is 0 Å². The van der Waals surface area contributed by atoms with Crippen molar-refractivity contribution in [1.82, 2.24) is 0 Å². The van der Waals surface area contributed by atoms with Crippen molar-refractivity contribution in [3.8, 4) is 5.75 Å². The minimum Gasteiger partial charge on any atom is -0.494 e. The van der Waals surface area contributed by atoms with E-state index >= 15 is 0 Å². The molecule has 0 atom stereocenters. The molecule has 122 valence electrons. The van der Waals surface area contributed by atoms with Crippen LogP contribution < -0.4 is 4.74 Å². The van der Waals surface area contributed by atoms with Crippen LogP contribution in [0.5, 0.6) is 5.75 Å². The predicted octanol–water partition coefficient (Wildman–Crippen LogP) is 5.05. The van der Waals surface area contributed by atoms with Crippen LogP contribution in [-0.4, -0.2) is 17.7 Å². The molecule has 2 rings (SSSR count). The number of ether oxygens (including phenoxy) is 1. The maximum absolute atomic E-state index is 10.6. The molecule has 3 nitrogen and oxygen atoms in total. The van der Waals surface area contributed by atoms with Crippen LogP contribution in [0.3, 0.4) is 0 Å². The molecule has 0 radical (unpaired) electrons. The van der Waals surface area contributed by atoms with Crippen LogP contribution in [0, 0.1) is 5.41 Å². The smallest absolute Gasteiger partial charge is 0.303 e. The first-order valence-corrected chi connectivity index (χ1v) is 8.60. The van der Waals surface area contributed by atoms with Crippen molar-refractivity contribution in [2.45, 2.75) is 64.2 Å². The molecule has 0 bridgehead atoms. The SMILES string of the molecule is O=C(O)CCCCC1(CCOc2ccccc2)CCCCC1. The summed E-state index contributed by atoms with van der Waals surface area (Å²) in [5.74, 6) is 0.268. The molecule has 1 fully saturated rings. The molecule has 1 saturated carbocycles. The zero-order valence-corrected chi connectivity index (χ0v) is 13.4. The van der Waals surface area contributed by atoms with Crippen LogP contribution in [0.25, 0.3) is 0 Å². The van der Waals surface area contributed by atoms with E-state index in [1.807, 2.05) is 30.3 Å². The molecule has 0 spiro atoms. The molecule has 0 aromatic heterocycles. The highest BCUT2D eigenvalue weighted by Crippen LogP contribution is 2.43. The molecule has 0 heterocycles. The van der Waals surface area contributed by atoms with Gasteiger partial charge in [-0.15, -0.1) is 0 Å². The van der Waals surface area contributed by atoms with Crippen molar-refractivity contribution in [2.75, 3.05) is 6.61 Å². The zero-order valence-electron chi connectivity index (χ0n) is 13.4. The highest BCUT2D eigenvalue weighted by molar-refractivity contribution is 5.66. The first kappa shape index (κ1) is 16.9. The van der Waals surface area contributed by atoms with E-state index in [1.54, 1.807) is 0 Å². The largest absolute Gasteiger partial charge is 0.494 e. The van der Waals surface area contributed by atoms with E-state index in [9.17, 15) is 4.79 Å². The van der Waals surface area contributed by atoms with Gasteiger partial charge < -0.3 is 9.84 Å². The minimum absolute atomic E-state index is 0.302. The standard InChI is InChI=1S/C19H28O3/c20-18(21)11-5-8-14-19(12-6-2-7-13-19)15-16-22-17-9-3-1-4-10-17/h1,3-4,9-10H,2,5-8,11-16H2,(H,20,21). The molecule has 1 N–H and O–H groups in total. The summed E-state index contributed by atoms with van der Waals surface area (Å²) >= 11 is 0. The number of para-hydroxylation sites is 1. The number of hydrogen-bond donors (Lipinski definition) is 1. The average molecular weight is 304 g/mol. The number of unbranched alkanes of at least 4 members (excludes halogenated alkanes) is 1. The molecule has 0 saturated heterocycles. The molecule has 0 unspecified atom stereocenters. The van der Waals surface area contributed by atoms with Crippen LogP contribution >= 0.6 is 0 Å². The van der Waals surface area contributed by atoms with Gasteiger partial charge in [-0.1, -0.05) is 43.9 Å². The normalized spacial score (nSPS) is 17.1. The van der Waals surface area contributed by atoms with Gasteiger partial charge in [-0.25, -0.2) is 0 Å². The van der Waals surface area contributed by atoms with E-state index in [0.717, 1.165) is 38.0 Å². The number of rotatable bonds is 9. The number of hydrogen-bond acceptors (Lipinski definition) is 2. The second-order valence-corrected chi connectivity index (χ2v) is 6.57. The average Bonchev–Trinajstić information content (AvgIpc) is 2.54. The van der Waals surface area contributed by atoms with Crippen LogP contribution in [0.15, 0.2) is 30.3 Å². The van der Waals surface area contributed by atoms with Crippen molar-refractivity contribution in [3.63, 3.8) is 0 Å². The minimum atomic E-state index is -0.676. The van der Waals surface area contributed by atoms with Crippen molar-refractivity contribution < 1.29 is 14.6 Å². The maximum atomic E-state index is 10.6. The summed E-state index contributed by atoms with van der Waals surface area (Å²) in [7, 11) is 0. The molecule has 1 aliphatic rings. The third-order valence-corrected chi connectivity index (χ3v) is 4.91. The Morgan fingerprint density at radius 1 is 1.05 bits per heavy atom. The Morgan fingerprint density at radius 3 is 2.45 bits per heavy atom. The molecule has 0 amide bonds. The first-order chi connectivity index (χ1) is 10.7. The highest BCUT2D eigenvalue weighted by atomic mass is 16.5. The van der Waals surface area contributed by atoms with Crippen LogP contribution in [0.4, 0.5) is 0 Å². The van der Waals surface area contributed by atoms with Gasteiger partial charge in [0.05, 0.1) is 6.61 Å². The van der Waals surface area contributed by atoms with Gasteiger partial charge in [0.1, 0.15) is 5.75 Å². The van der Waals surface area contributed by atoms with Crippen molar-refractivity contribution in [1.29, 1.82) is 0 Å². The molecule has 1 aromatic carbocycles. The summed E-state index contributed by atoms with van der Waals surface area (Å²) in [6, 6.07) is 9.99. The van der Waals surface area contributed by atoms with Crippen LogP contribution in [0.2, 0.25) is 0 Å². The van der Waals surface area contributed by atoms with E-state index in [-0.39, 0.29) is 0 Å². The van der Waals surface area contributed by atoms with Crippen molar-refractivity contribution in [2.24, 2.45) is 5.41 Å². The van der Waals surface area contributed by atoms with Gasteiger partial charge in [-0.2, -0.15) is 0 Å². The Bertz CT molecular complexity index is 435. The second kappa shape index (κ2) is 8.82. The molecule has 0 aliphatic heterocycles. The lowest BCUT2D eigenvalue weighted by atomic mass is 9.69. The van der Waals surface area contributed by atoms with E-state index in [1.165, 1.54) is 32.1 Å². The Morgan fingerprint density at radius 2 is 1.77 bits per heavy atom. The summed E-state index contributed by atoms with van der Waals surface area (Å²) in [5, 5.41) is 8.76. The molecule has 3 heteroatoms. The molecular weight excluding hydrogens is 276 g/mol. The number of aliphatic carboxylic acids is 1. The monoisotopic (exact) mass is 304 g/mol. The predicted molar refractivity (Wildman–Crippen MR) is 88.2 cm³/mol. The third-order valence-electron chi connectivity index (χ3n) is 4.91. The van der Waals surface area contributed by atoms with Gasteiger partial charge >= 0.3 is 5.97 Å². The Kier molecular flexibility index (Phi) is 6.75. The fraction of sp³-hybridized carbons (Fsp3) is 0.632. The fourth-order valence-corrected chi connectivity index (χ4v) is 3.61. The topological polar surface area (TPSA) is 46.5 Å². The lowest BCUT2D eigenvalue weighted by molar-refractivity contribution is -0.137. The summed E-state index contributed by atoms with van der Waals surface area (Å²) in [6.45, 7) is 0.767. The Balaban J connectivity index is 1.78. The van der Waals surface area contributed by atoms with Crippen molar-refractivity contribution in [3.05, 3.63) is 30.3 Å². The Labute approximate surface area is 133 Å².